The van der Waals surface area contributed by atoms with E-state index in [2.05, 4.69) is 11.2 Å². The third-order valence-corrected chi connectivity index (χ3v) is 2.58. The highest BCUT2D eigenvalue weighted by Crippen LogP contribution is 2.20. The monoisotopic (exact) mass is 215 g/mol. The van der Waals surface area contributed by atoms with E-state index >= 15 is 0 Å². The largest absolute Gasteiger partial charge is 0.372 e. The molecule has 0 spiro atoms. The van der Waals surface area contributed by atoms with Crippen molar-refractivity contribution in [1.82, 2.24) is 5.32 Å². The summed E-state index contributed by atoms with van der Waals surface area (Å²) in [6, 6.07) is 5.34. The van der Waals surface area contributed by atoms with E-state index in [1.807, 2.05) is 12.1 Å². The summed E-state index contributed by atoms with van der Waals surface area (Å²) in [5, 5.41) is 2.72. The average Bonchev–Trinajstić information content (AvgIpc) is 2.75. The summed E-state index contributed by atoms with van der Waals surface area (Å²) < 4.78 is 5.29. The van der Waals surface area contributed by atoms with Crippen LogP contribution in [0.2, 0.25) is 0 Å². The number of carbonyl (C=O) groups excluding carboxylic acids is 1. The van der Waals surface area contributed by atoms with Crippen LogP contribution in [-0.2, 0) is 18.0 Å². The fourth-order valence-corrected chi connectivity index (χ4v) is 1.63. The van der Waals surface area contributed by atoms with Crippen LogP contribution in [-0.4, -0.2) is 11.9 Å². The number of amides is 1. The Morgan fingerprint density at radius 3 is 3.00 bits per heavy atom. The standard InChI is InChI=1S/C13H13NO2/c1-3-9(2)14-13(15)10-4-5-11-7-16-8-12(11)6-10/h1,4-6,9H,7-8H2,2H3,(H,14,15). The molecule has 1 aliphatic heterocycles. The van der Waals surface area contributed by atoms with Gasteiger partial charge in [-0.2, -0.15) is 0 Å². The van der Waals surface area contributed by atoms with Crippen LogP contribution in [0.15, 0.2) is 18.2 Å². The molecule has 0 radical (unpaired) electrons. The molecule has 1 heterocycles. The summed E-state index contributed by atoms with van der Waals surface area (Å²) >= 11 is 0. The van der Waals surface area contributed by atoms with Crippen molar-refractivity contribution in [2.24, 2.45) is 0 Å². The van der Waals surface area contributed by atoms with E-state index in [0.29, 0.717) is 18.8 Å². The molecule has 0 saturated heterocycles. The SMILES string of the molecule is C#CC(C)NC(=O)c1ccc2c(c1)COC2. The lowest BCUT2D eigenvalue weighted by molar-refractivity contribution is 0.0948. The Hall–Kier alpha value is -1.79. The summed E-state index contributed by atoms with van der Waals surface area (Å²) in [5.74, 6) is 2.32. The number of carbonyl (C=O) groups is 1. The predicted molar refractivity (Wildman–Crippen MR) is 60.7 cm³/mol. The molecule has 0 aromatic heterocycles. The molecule has 3 heteroatoms. The Kier molecular flexibility index (Phi) is 2.93. The van der Waals surface area contributed by atoms with E-state index < -0.39 is 0 Å². The molecule has 1 amide bonds. The van der Waals surface area contributed by atoms with Crippen molar-refractivity contribution < 1.29 is 9.53 Å². The molecule has 1 aromatic rings. The van der Waals surface area contributed by atoms with E-state index in [1.54, 1.807) is 13.0 Å². The lowest BCUT2D eigenvalue weighted by Gasteiger charge is -2.08. The normalized spacial score (nSPS) is 15.0. The van der Waals surface area contributed by atoms with Crippen molar-refractivity contribution >= 4 is 5.91 Å². The molecule has 1 aliphatic rings. The number of ether oxygens (including phenoxy) is 1. The van der Waals surface area contributed by atoms with Gasteiger partial charge < -0.3 is 10.1 Å². The number of hydrogen-bond acceptors (Lipinski definition) is 2. The maximum atomic E-state index is 11.8. The van der Waals surface area contributed by atoms with Crippen LogP contribution < -0.4 is 5.32 Å². The van der Waals surface area contributed by atoms with E-state index in [0.717, 1.165) is 11.1 Å². The van der Waals surface area contributed by atoms with Gasteiger partial charge in [-0.25, -0.2) is 0 Å². The van der Waals surface area contributed by atoms with Crippen molar-refractivity contribution in [3.05, 3.63) is 34.9 Å². The minimum absolute atomic E-state index is 0.139. The molecule has 2 rings (SSSR count). The van der Waals surface area contributed by atoms with Gasteiger partial charge in [0.1, 0.15) is 0 Å². The average molecular weight is 215 g/mol. The Labute approximate surface area is 94.8 Å². The number of hydrogen-bond donors (Lipinski definition) is 1. The van der Waals surface area contributed by atoms with Gasteiger partial charge in [0.15, 0.2) is 0 Å². The van der Waals surface area contributed by atoms with Crippen molar-refractivity contribution in [1.29, 1.82) is 0 Å². The van der Waals surface area contributed by atoms with Crippen LogP contribution in [0.4, 0.5) is 0 Å². The molecular weight excluding hydrogens is 202 g/mol. The van der Waals surface area contributed by atoms with Crippen LogP contribution in [0.3, 0.4) is 0 Å². The first-order valence-electron chi connectivity index (χ1n) is 5.17. The van der Waals surface area contributed by atoms with Crippen LogP contribution in [0.1, 0.15) is 28.4 Å². The Morgan fingerprint density at radius 1 is 1.50 bits per heavy atom. The molecule has 1 aromatic carbocycles. The van der Waals surface area contributed by atoms with Crippen LogP contribution in [0.5, 0.6) is 0 Å². The van der Waals surface area contributed by atoms with Gasteiger partial charge in [0.2, 0.25) is 0 Å². The second-order valence-electron chi connectivity index (χ2n) is 3.84. The van der Waals surface area contributed by atoms with Crippen molar-refractivity contribution in [3.63, 3.8) is 0 Å². The van der Waals surface area contributed by atoms with Gasteiger partial charge in [-0.1, -0.05) is 12.0 Å². The summed E-state index contributed by atoms with van der Waals surface area (Å²) in [6.45, 7) is 2.99. The van der Waals surface area contributed by atoms with Crippen molar-refractivity contribution in [2.75, 3.05) is 0 Å². The number of rotatable bonds is 2. The molecule has 0 bridgehead atoms. The lowest BCUT2D eigenvalue weighted by Crippen LogP contribution is -2.31. The van der Waals surface area contributed by atoms with Gasteiger partial charge in [0, 0.05) is 5.56 Å². The van der Waals surface area contributed by atoms with Crippen LogP contribution >= 0.6 is 0 Å². The van der Waals surface area contributed by atoms with Gasteiger partial charge in [-0.15, -0.1) is 6.42 Å². The highest BCUT2D eigenvalue weighted by atomic mass is 16.5. The first-order chi connectivity index (χ1) is 7.70. The number of fused-ring (bicyclic) bond motifs is 1. The molecule has 1 unspecified atom stereocenters. The Morgan fingerprint density at radius 2 is 2.25 bits per heavy atom. The quantitative estimate of drug-likeness (QED) is 0.759. The van der Waals surface area contributed by atoms with E-state index in [1.165, 1.54) is 0 Å². The zero-order valence-corrected chi connectivity index (χ0v) is 9.12. The third kappa shape index (κ3) is 2.07. The summed E-state index contributed by atoms with van der Waals surface area (Å²) in [7, 11) is 0. The zero-order chi connectivity index (χ0) is 11.5. The fraction of sp³-hybridized carbons (Fsp3) is 0.308. The minimum atomic E-state index is -0.253. The second kappa shape index (κ2) is 4.38. The van der Waals surface area contributed by atoms with Gasteiger partial charge in [-0.05, 0) is 30.2 Å². The van der Waals surface area contributed by atoms with Crippen LogP contribution in [0.25, 0.3) is 0 Å². The molecule has 3 nitrogen and oxygen atoms in total. The van der Waals surface area contributed by atoms with Gasteiger partial charge in [-0.3, -0.25) is 4.79 Å². The number of nitrogens with one attached hydrogen (secondary N) is 1. The van der Waals surface area contributed by atoms with Crippen molar-refractivity contribution in [3.8, 4) is 12.3 Å². The molecule has 82 valence electrons. The maximum Gasteiger partial charge on any atom is 0.252 e. The second-order valence-corrected chi connectivity index (χ2v) is 3.84. The maximum absolute atomic E-state index is 11.8. The number of benzene rings is 1. The molecule has 0 saturated carbocycles. The molecule has 1 atom stereocenters. The van der Waals surface area contributed by atoms with Crippen LogP contribution in [0, 0.1) is 12.3 Å². The Balaban J connectivity index is 2.16. The summed E-state index contributed by atoms with van der Waals surface area (Å²) in [5.41, 5.74) is 2.87. The third-order valence-electron chi connectivity index (χ3n) is 2.58. The minimum Gasteiger partial charge on any atom is -0.372 e. The summed E-state index contributed by atoms with van der Waals surface area (Å²) in [4.78, 5) is 11.8. The summed E-state index contributed by atoms with van der Waals surface area (Å²) in [6.07, 6.45) is 5.20. The number of terminal acetylenes is 1. The highest BCUT2D eigenvalue weighted by molar-refractivity contribution is 5.94. The fourth-order valence-electron chi connectivity index (χ4n) is 1.63. The zero-order valence-electron chi connectivity index (χ0n) is 9.12. The highest BCUT2D eigenvalue weighted by Gasteiger charge is 2.14. The molecular formula is C13H13NO2. The predicted octanol–water partition coefficient (Wildman–Crippen LogP) is 1.47. The first-order valence-corrected chi connectivity index (χ1v) is 5.17. The van der Waals surface area contributed by atoms with Gasteiger partial charge in [0.05, 0.1) is 19.3 Å². The lowest BCUT2D eigenvalue weighted by atomic mass is 10.1. The molecule has 16 heavy (non-hydrogen) atoms. The van der Waals surface area contributed by atoms with Gasteiger partial charge in [0.25, 0.3) is 5.91 Å². The topological polar surface area (TPSA) is 38.3 Å². The molecule has 0 aliphatic carbocycles. The molecule has 1 N–H and O–H groups in total. The van der Waals surface area contributed by atoms with E-state index in [9.17, 15) is 4.79 Å². The van der Waals surface area contributed by atoms with Crippen molar-refractivity contribution in [2.45, 2.75) is 26.2 Å². The smallest absolute Gasteiger partial charge is 0.252 e. The van der Waals surface area contributed by atoms with E-state index in [4.69, 9.17) is 11.2 Å². The van der Waals surface area contributed by atoms with E-state index in [-0.39, 0.29) is 11.9 Å². The molecule has 0 fully saturated rings. The first kappa shape index (κ1) is 10.7. The van der Waals surface area contributed by atoms with Gasteiger partial charge >= 0.3 is 0 Å². The Bertz CT molecular complexity index is 459.